The first-order valence-corrected chi connectivity index (χ1v) is 10.2. The van der Waals surface area contributed by atoms with Crippen molar-refractivity contribution in [2.24, 2.45) is 5.92 Å². The maximum Gasteiger partial charge on any atom is 0.248 e. The number of nitrogens with one attached hydrogen (secondary N) is 2. The molecule has 0 spiro atoms. The van der Waals surface area contributed by atoms with Gasteiger partial charge in [-0.25, -0.2) is 8.42 Å². The zero-order chi connectivity index (χ0) is 18.9. The molecule has 9 nitrogen and oxygen atoms in total. The Bertz CT molecular complexity index is 780. The molecule has 1 aliphatic carbocycles. The number of carbonyl (C=O) groups is 2. The number of piperidine rings is 1. The van der Waals surface area contributed by atoms with Crippen LogP contribution >= 0.6 is 0 Å². The third-order valence-electron chi connectivity index (χ3n) is 4.69. The first-order valence-electron chi connectivity index (χ1n) is 8.79. The number of aryl methyl sites for hydroxylation is 2. The van der Waals surface area contributed by atoms with E-state index >= 15 is 0 Å². The van der Waals surface area contributed by atoms with E-state index in [0.29, 0.717) is 25.1 Å². The second kappa shape index (κ2) is 7.36. The maximum atomic E-state index is 12.9. The summed E-state index contributed by atoms with van der Waals surface area (Å²) >= 11 is 0. The number of amides is 2. The average Bonchev–Trinajstić information content (AvgIpc) is 3.35. The predicted molar refractivity (Wildman–Crippen MR) is 91.6 cm³/mol. The summed E-state index contributed by atoms with van der Waals surface area (Å²) in [5.74, 6) is -0.745. The Balaban J connectivity index is 1.61. The van der Waals surface area contributed by atoms with Crippen molar-refractivity contribution in [1.82, 2.24) is 20.1 Å². The fourth-order valence-corrected chi connectivity index (χ4v) is 4.98. The van der Waals surface area contributed by atoms with E-state index in [4.69, 9.17) is 4.52 Å². The number of hydrogen-bond acceptors (Lipinski definition) is 6. The van der Waals surface area contributed by atoms with Gasteiger partial charge in [-0.15, -0.1) is 0 Å². The molecule has 1 aromatic rings. The lowest BCUT2D eigenvalue weighted by Gasteiger charge is -2.31. The van der Waals surface area contributed by atoms with Crippen LogP contribution < -0.4 is 10.6 Å². The van der Waals surface area contributed by atoms with Crippen LogP contribution in [0.15, 0.2) is 9.42 Å². The summed E-state index contributed by atoms with van der Waals surface area (Å²) in [5, 5.41) is 9.11. The molecule has 26 heavy (non-hydrogen) atoms. The third kappa shape index (κ3) is 4.07. The Labute approximate surface area is 152 Å². The van der Waals surface area contributed by atoms with Crippen LogP contribution in [0.4, 0.5) is 0 Å². The molecule has 1 saturated carbocycles. The molecule has 3 rings (SSSR count). The molecule has 144 valence electrons. The SMILES string of the molecule is Cc1noc(C)c1S(=O)(=O)N1CCC[C@@H](C(=O)NCC(=O)NC2CC2)C1. The zero-order valence-corrected chi connectivity index (χ0v) is 15.8. The second-order valence-electron chi connectivity index (χ2n) is 6.92. The molecule has 0 bridgehead atoms. The Morgan fingerprint density at radius 2 is 2.00 bits per heavy atom. The molecule has 1 atom stereocenters. The topological polar surface area (TPSA) is 122 Å². The number of aromatic nitrogens is 1. The highest BCUT2D eigenvalue weighted by Crippen LogP contribution is 2.27. The molecule has 1 saturated heterocycles. The monoisotopic (exact) mass is 384 g/mol. The van der Waals surface area contributed by atoms with Gasteiger partial charge in [0, 0.05) is 19.1 Å². The van der Waals surface area contributed by atoms with Gasteiger partial charge in [0.15, 0.2) is 5.76 Å². The van der Waals surface area contributed by atoms with Crippen molar-refractivity contribution in [3.8, 4) is 0 Å². The van der Waals surface area contributed by atoms with Crippen molar-refractivity contribution < 1.29 is 22.5 Å². The smallest absolute Gasteiger partial charge is 0.248 e. The first kappa shape index (κ1) is 18.8. The Kier molecular flexibility index (Phi) is 5.33. The van der Waals surface area contributed by atoms with Crippen molar-refractivity contribution >= 4 is 21.8 Å². The maximum absolute atomic E-state index is 12.9. The van der Waals surface area contributed by atoms with E-state index in [-0.39, 0.29) is 41.6 Å². The number of carbonyl (C=O) groups excluding carboxylic acids is 2. The molecule has 0 unspecified atom stereocenters. The summed E-state index contributed by atoms with van der Waals surface area (Å²) < 4.78 is 32.0. The van der Waals surface area contributed by atoms with Crippen molar-refractivity contribution in [2.75, 3.05) is 19.6 Å². The molecule has 2 aliphatic rings. The molecule has 2 fully saturated rings. The van der Waals surface area contributed by atoms with Crippen LogP contribution in [-0.4, -0.2) is 55.4 Å². The van der Waals surface area contributed by atoms with Crippen LogP contribution in [0.3, 0.4) is 0 Å². The van der Waals surface area contributed by atoms with Crippen molar-refractivity contribution in [3.05, 3.63) is 11.5 Å². The molecule has 0 radical (unpaired) electrons. The van der Waals surface area contributed by atoms with E-state index in [9.17, 15) is 18.0 Å². The Morgan fingerprint density at radius 1 is 1.27 bits per heavy atom. The molecule has 2 amide bonds. The van der Waals surface area contributed by atoms with Crippen LogP contribution in [0.5, 0.6) is 0 Å². The molecule has 0 aromatic carbocycles. The number of rotatable bonds is 6. The number of nitrogens with zero attached hydrogens (tertiary/aromatic N) is 2. The summed E-state index contributed by atoms with van der Waals surface area (Å²) in [6.45, 7) is 3.48. The molecule has 10 heteroatoms. The zero-order valence-electron chi connectivity index (χ0n) is 14.9. The van der Waals surface area contributed by atoms with Gasteiger partial charge < -0.3 is 15.2 Å². The van der Waals surface area contributed by atoms with Gasteiger partial charge in [0.2, 0.25) is 21.8 Å². The highest BCUT2D eigenvalue weighted by Gasteiger charge is 2.36. The minimum absolute atomic E-state index is 0.0716. The normalized spacial score (nSPS) is 21.4. The summed E-state index contributed by atoms with van der Waals surface area (Å²) in [6.07, 6.45) is 3.13. The fraction of sp³-hybridized carbons (Fsp3) is 0.688. The fourth-order valence-electron chi connectivity index (χ4n) is 3.16. The highest BCUT2D eigenvalue weighted by molar-refractivity contribution is 7.89. The Morgan fingerprint density at radius 3 is 2.62 bits per heavy atom. The lowest BCUT2D eigenvalue weighted by atomic mass is 9.99. The Hall–Kier alpha value is -1.94. The van der Waals surface area contributed by atoms with Crippen LogP contribution in [0, 0.1) is 19.8 Å². The molecule has 2 heterocycles. The van der Waals surface area contributed by atoms with Crippen LogP contribution in [-0.2, 0) is 19.6 Å². The first-order chi connectivity index (χ1) is 12.3. The van der Waals surface area contributed by atoms with Crippen LogP contribution in [0.25, 0.3) is 0 Å². The summed E-state index contributed by atoms with van der Waals surface area (Å²) in [6, 6.07) is 0.241. The predicted octanol–water partition coefficient (Wildman–Crippen LogP) is 0.0869. The van der Waals surface area contributed by atoms with E-state index in [0.717, 1.165) is 12.8 Å². The largest absolute Gasteiger partial charge is 0.360 e. The summed E-state index contributed by atoms with van der Waals surface area (Å²) in [5.41, 5.74) is 0.311. The van der Waals surface area contributed by atoms with Gasteiger partial charge in [-0.2, -0.15) is 4.31 Å². The minimum Gasteiger partial charge on any atom is -0.360 e. The molecular weight excluding hydrogens is 360 g/mol. The number of sulfonamides is 1. The van der Waals surface area contributed by atoms with Gasteiger partial charge in [0.1, 0.15) is 10.6 Å². The lowest BCUT2D eigenvalue weighted by Crippen LogP contribution is -2.47. The second-order valence-corrected chi connectivity index (χ2v) is 8.79. The molecule has 2 N–H and O–H groups in total. The average molecular weight is 384 g/mol. The van der Waals surface area contributed by atoms with E-state index in [1.165, 1.54) is 4.31 Å². The molecule has 1 aromatic heterocycles. The van der Waals surface area contributed by atoms with Gasteiger partial charge in [-0.3, -0.25) is 9.59 Å². The van der Waals surface area contributed by atoms with Crippen molar-refractivity contribution in [1.29, 1.82) is 0 Å². The van der Waals surface area contributed by atoms with E-state index in [2.05, 4.69) is 15.8 Å². The minimum atomic E-state index is -3.77. The summed E-state index contributed by atoms with van der Waals surface area (Å²) in [7, 11) is -3.77. The molecule has 1 aliphatic heterocycles. The van der Waals surface area contributed by atoms with Crippen molar-refractivity contribution in [3.63, 3.8) is 0 Å². The van der Waals surface area contributed by atoms with Gasteiger partial charge in [-0.1, -0.05) is 5.16 Å². The highest BCUT2D eigenvalue weighted by atomic mass is 32.2. The standard InChI is InChI=1S/C16H24N4O5S/c1-10-15(11(2)25-19-10)26(23,24)20-7-3-4-12(9-20)16(22)17-8-14(21)18-13-5-6-13/h12-13H,3-9H2,1-2H3,(H,17,22)(H,18,21)/t12-/m1/s1. The van der Waals surface area contributed by atoms with Gasteiger partial charge >= 0.3 is 0 Å². The van der Waals surface area contributed by atoms with Crippen molar-refractivity contribution in [2.45, 2.75) is 50.5 Å². The van der Waals surface area contributed by atoms with Crippen LogP contribution in [0.1, 0.15) is 37.1 Å². The summed E-state index contributed by atoms with van der Waals surface area (Å²) in [4.78, 5) is 24.1. The quantitative estimate of drug-likeness (QED) is 0.717. The number of hydrogen-bond donors (Lipinski definition) is 2. The van der Waals surface area contributed by atoms with Gasteiger partial charge in [0.25, 0.3) is 0 Å². The molecular formula is C16H24N4O5S. The van der Waals surface area contributed by atoms with E-state index in [1.807, 2.05) is 0 Å². The van der Waals surface area contributed by atoms with Gasteiger partial charge in [0.05, 0.1) is 12.5 Å². The van der Waals surface area contributed by atoms with E-state index < -0.39 is 15.9 Å². The van der Waals surface area contributed by atoms with E-state index in [1.54, 1.807) is 13.8 Å². The lowest BCUT2D eigenvalue weighted by molar-refractivity contribution is -0.129. The van der Waals surface area contributed by atoms with Crippen LogP contribution in [0.2, 0.25) is 0 Å². The van der Waals surface area contributed by atoms with Gasteiger partial charge in [-0.05, 0) is 39.5 Å². The third-order valence-corrected chi connectivity index (χ3v) is 6.80.